The van der Waals surface area contributed by atoms with E-state index in [1.54, 1.807) is 56.3 Å². The molecule has 47 heavy (non-hydrogen) atoms. The molecule has 2 heterocycles. The summed E-state index contributed by atoms with van der Waals surface area (Å²) < 4.78 is 47.5. The summed E-state index contributed by atoms with van der Waals surface area (Å²) in [7, 11) is -3.30. The number of aliphatic hydroxyl groups excluding tert-OH is 2. The summed E-state index contributed by atoms with van der Waals surface area (Å²) in [4.78, 5) is 41.4. The van der Waals surface area contributed by atoms with E-state index >= 15 is 0 Å². The summed E-state index contributed by atoms with van der Waals surface area (Å²) >= 11 is 0. The molecule has 6 atom stereocenters. The lowest BCUT2D eigenvalue weighted by Crippen LogP contribution is -2.49. The van der Waals surface area contributed by atoms with Gasteiger partial charge in [0.1, 0.15) is 43.0 Å². The lowest BCUT2D eigenvalue weighted by atomic mass is 10.1. The average molecular weight is 677 g/mol. The Morgan fingerprint density at radius 1 is 1.06 bits per heavy atom. The molecule has 1 saturated heterocycles. The van der Waals surface area contributed by atoms with Crippen LogP contribution in [-0.4, -0.2) is 75.7 Å². The van der Waals surface area contributed by atoms with Crippen molar-refractivity contribution in [1.82, 2.24) is 14.6 Å². The predicted molar refractivity (Wildman–Crippen MR) is 165 cm³/mol. The minimum absolute atomic E-state index is 0.00924. The van der Waals surface area contributed by atoms with Crippen molar-refractivity contribution < 1.29 is 52.4 Å². The number of aromatic nitrogens is 2. The molecule has 1 aromatic heterocycles. The van der Waals surface area contributed by atoms with Gasteiger partial charge in [-0.3, -0.25) is 19.2 Å². The number of nitrogens with one attached hydrogen (secondary N) is 2. The first-order valence-corrected chi connectivity index (χ1v) is 16.0. The standard InChI is InChI=1S/C30H37N4O12P/c1-19(2)44-27(37)20(3)33-47(40,46-22-13-9-6-10-14-22)43-18-30(41-4)25(36)24(35)26(45-30)34-16-15-23(31-28(34)38)32-29(39)42-17-21-11-7-5-8-12-21/h5-16,19-20,24-26,35-36H,17-18H2,1-4H3,(H,33,40)(H,31,32,38,39)/t20-,24-,25+,26-,30-,47?/m1/s1. The topological polar surface area (TPSA) is 206 Å². The monoisotopic (exact) mass is 676 g/mol. The van der Waals surface area contributed by atoms with Gasteiger partial charge >= 0.3 is 25.5 Å². The molecule has 1 fully saturated rings. The van der Waals surface area contributed by atoms with Gasteiger partial charge in [0.05, 0.1) is 6.10 Å². The van der Waals surface area contributed by atoms with Crippen molar-refractivity contribution in [3.63, 3.8) is 0 Å². The van der Waals surface area contributed by atoms with Crippen molar-refractivity contribution in [2.45, 2.75) is 63.7 Å². The Kier molecular flexibility index (Phi) is 11.9. The van der Waals surface area contributed by atoms with Gasteiger partial charge < -0.3 is 33.7 Å². The number of hydrogen-bond donors (Lipinski definition) is 4. The van der Waals surface area contributed by atoms with E-state index in [-0.39, 0.29) is 18.2 Å². The maximum Gasteiger partial charge on any atom is 0.459 e. The highest BCUT2D eigenvalue weighted by Crippen LogP contribution is 2.48. The second-order valence-electron chi connectivity index (χ2n) is 10.7. The zero-order valence-electron chi connectivity index (χ0n) is 26.0. The Hall–Kier alpha value is -4.15. The zero-order chi connectivity index (χ0) is 34.2. The zero-order valence-corrected chi connectivity index (χ0v) is 26.9. The molecule has 0 aliphatic carbocycles. The minimum atomic E-state index is -4.43. The van der Waals surface area contributed by atoms with Crippen LogP contribution < -0.4 is 20.6 Å². The van der Waals surface area contributed by atoms with E-state index in [0.717, 1.165) is 17.2 Å². The van der Waals surface area contributed by atoms with Crippen molar-refractivity contribution >= 4 is 25.6 Å². The number of ether oxygens (including phenoxy) is 4. The number of anilines is 1. The molecule has 1 aliphatic heterocycles. The first-order valence-electron chi connectivity index (χ1n) is 14.5. The molecule has 0 radical (unpaired) electrons. The molecule has 1 aliphatic rings. The molecule has 4 N–H and O–H groups in total. The summed E-state index contributed by atoms with van der Waals surface area (Å²) in [5.74, 6) is -2.93. The molecule has 17 heteroatoms. The van der Waals surface area contributed by atoms with Crippen molar-refractivity contribution in [3.8, 4) is 5.75 Å². The first-order chi connectivity index (χ1) is 22.3. The van der Waals surface area contributed by atoms with Gasteiger partial charge in [-0.2, -0.15) is 10.1 Å². The van der Waals surface area contributed by atoms with Gasteiger partial charge in [-0.1, -0.05) is 48.5 Å². The third kappa shape index (κ3) is 9.23. The van der Waals surface area contributed by atoms with Gasteiger partial charge in [-0.15, -0.1) is 0 Å². The van der Waals surface area contributed by atoms with Crippen molar-refractivity contribution in [2.75, 3.05) is 19.0 Å². The molecule has 0 saturated carbocycles. The van der Waals surface area contributed by atoms with Crippen LogP contribution in [0, 0.1) is 0 Å². The van der Waals surface area contributed by atoms with Crippen molar-refractivity contribution in [2.24, 2.45) is 0 Å². The summed E-state index contributed by atoms with van der Waals surface area (Å²) in [5.41, 5.74) is -0.211. The van der Waals surface area contributed by atoms with Crippen LogP contribution in [0.15, 0.2) is 77.7 Å². The summed E-state index contributed by atoms with van der Waals surface area (Å²) in [6, 6.07) is 17.0. The summed E-state index contributed by atoms with van der Waals surface area (Å²) in [6.07, 6.45) is -5.31. The van der Waals surface area contributed by atoms with Gasteiger partial charge in [-0.05, 0) is 44.5 Å². The first kappa shape index (κ1) is 35.7. The van der Waals surface area contributed by atoms with Crippen LogP contribution in [0.2, 0.25) is 0 Å². The van der Waals surface area contributed by atoms with Gasteiger partial charge in [-0.25, -0.2) is 14.2 Å². The molecule has 1 unspecified atom stereocenters. The maximum absolute atomic E-state index is 13.9. The molecule has 2 aromatic carbocycles. The van der Waals surface area contributed by atoms with Gasteiger partial charge in [0, 0.05) is 13.3 Å². The largest absolute Gasteiger partial charge is 0.462 e. The molecule has 254 valence electrons. The molecule has 16 nitrogen and oxygen atoms in total. The quantitative estimate of drug-likeness (QED) is 0.143. The number of carbonyl (C=O) groups excluding carboxylic acids is 2. The van der Waals surface area contributed by atoms with E-state index in [1.165, 1.54) is 31.3 Å². The number of para-hydroxylation sites is 1. The normalized spacial score (nSPS) is 22.7. The number of hydrogen-bond acceptors (Lipinski definition) is 13. The van der Waals surface area contributed by atoms with E-state index < -0.39 is 68.5 Å². The molecule has 4 rings (SSSR count). The highest BCUT2D eigenvalue weighted by Gasteiger charge is 2.57. The van der Waals surface area contributed by atoms with Gasteiger partial charge in [0.25, 0.3) is 0 Å². The SMILES string of the molecule is CO[C@]1(COP(=O)(N[C@H](C)C(=O)OC(C)C)Oc2ccccc2)O[C@@H](n2ccc(NC(=O)OCc3ccccc3)nc2=O)[C@H](O)[C@@H]1O. The van der Waals surface area contributed by atoms with E-state index in [9.17, 15) is 29.2 Å². The molecule has 3 aromatic rings. The average Bonchev–Trinajstić information content (AvgIpc) is 3.29. The van der Waals surface area contributed by atoms with E-state index in [4.69, 9.17) is 28.0 Å². The molecule has 0 bridgehead atoms. The van der Waals surface area contributed by atoms with Crippen LogP contribution in [0.3, 0.4) is 0 Å². The lowest BCUT2D eigenvalue weighted by molar-refractivity contribution is -0.267. The number of methoxy groups -OCH3 is 1. The Labute approximate surface area is 270 Å². The predicted octanol–water partition coefficient (Wildman–Crippen LogP) is 2.72. The van der Waals surface area contributed by atoms with Crippen LogP contribution in [0.4, 0.5) is 10.6 Å². The van der Waals surface area contributed by atoms with Crippen LogP contribution in [-0.2, 0) is 39.4 Å². The third-order valence-electron chi connectivity index (χ3n) is 6.74. The van der Waals surface area contributed by atoms with Crippen molar-refractivity contribution in [3.05, 3.63) is 89.0 Å². The van der Waals surface area contributed by atoms with E-state index in [1.807, 2.05) is 6.07 Å². The van der Waals surface area contributed by atoms with E-state index in [2.05, 4.69) is 15.4 Å². The highest BCUT2D eigenvalue weighted by molar-refractivity contribution is 7.52. The Bertz CT molecular complexity index is 1610. The maximum atomic E-state index is 13.9. The Morgan fingerprint density at radius 2 is 1.72 bits per heavy atom. The van der Waals surface area contributed by atoms with Crippen molar-refractivity contribution in [1.29, 1.82) is 0 Å². The fourth-order valence-electron chi connectivity index (χ4n) is 4.38. The number of benzene rings is 2. The number of aliphatic hydroxyl groups is 2. The number of amides is 1. The second kappa shape index (κ2) is 15.6. The van der Waals surface area contributed by atoms with Gasteiger partial charge in [0.15, 0.2) is 6.23 Å². The fourth-order valence-corrected chi connectivity index (χ4v) is 5.89. The third-order valence-corrected chi connectivity index (χ3v) is 8.36. The van der Waals surface area contributed by atoms with Crippen LogP contribution in [0.1, 0.15) is 32.6 Å². The molecular weight excluding hydrogens is 639 g/mol. The Morgan fingerprint density at radius 3 is 2.34 bits per heavy atom. The van der Waals surface area contributed by atoms with Crippen LogP contribution in [0.25, 0.3) is 0 Å². The number of carbonyl (C=O) groups is 2. The number of esters is 1. The van der Waals surface area contributed by atoms with Gasteiger partial charge in [0.2, 0.25) is 5.79 Å². The van der Waals surface area contributed by atoms with E-state index in [0.29, 0.717) is 0 Å². The molecule has 0 spiro atoms. The highest BCUT2D eigenvalue weighted by atomic mass is 31.2. The van der Waals surface area contributed by atoms with Crippen LogP contribution >= 0.6 is 7.75 Å². The molecule has 1 amide bonds. The molecular formula is C30H37N4O12P. The van der Waals surface area contributed by atoms with Crippen LogP contribution in [0.5, 0.6) is 5.75 Å². The second-order valence-corrected chi connectivity index (χ2v) is 12.4. The summed E-state index contributed by atoms with van der Waals surface area (Å²) in [6.45, 7) is 3.87. The lowest BCUT2D eigenvalue weighted by Gasteiger charge is -2.32. The smallest absolute Gasteiger partial charge is 0.459 e. The minimum Gasteiger partial charge on any atom is -0.462 e. The Balaban J connectivity index is 1.48. The number of rotatable bonds is 14. The summed E-state index contributed by atoms with van der Waals surface area (Å²) in [5, 5.41) is 26.7. The number of nitrogens with zero attached hydrogens (tertiary/aromatic N) is 2. The fraction of sp³-hybridized carbons (Fsp3) is 0.400.